The van der Waals surface area contributed by atoms with E-state index in [1.165, 1.54) is 18.6 Å². The number of rotatable bonds is 9. The van der Waals surface area contributed by atoms with E-state index in [1.807, 2.05) is 0 Å². The van der Waals surface area contributed by atoms with Crippen LogP contribution in [0.2, 0.25) is 0 Å². The molecule has 0 spiro atoms. The molecule has 1 saturated carbocycles. The second-order valence-corrected chi connectivity index (χ2v) is 7.36. The zero-order valence-corrected chi connectivity index (χ0v) is 15.8. The van der Waals surface area contributed by atoms with Crippen molar-refractivity contribution in [1.82, 2.24) is 0 Å². The number of esters is 2. The Morgan fingerprint density at radius 3 is 2.46 bits per heavy atom. The standard InChI is InChI=1S/C20H34O4/c1-5-6-7-8-13-23-19(21)11-12-20(22)24-18-14-16(4)9-10-17(18)15(2)3/h11-12,15-18H,5-10,13-14H2,1-4H3/b12-11+. The minimum Gasteiger partial charge on any atom is -0.463 e. The highest BCUT2D eigenvalue weighted by atomic mass is 16.5. The van der Waals surface area contributed by atoms with Crippen LogP contribution in [0, 0.1) is 17.8 Å². The molecule has 4 nitrogen and oxygen atoms in total. The lowest BCUT2D eigenvalue weighted by Crippen LogP contribution is -2.35. The van der Waals surface area contributed by atoms with Crippen molar-refractivity contribution in [2.45, 2.75) is 78.7 Å². The molecule has 3 atom stereocenters. The molecular weight excluding hydrogens is 304 g/mol. The van der Waals surface area contributed by atoms with Crippen molar-refractivity contribution >= 4 is 11.9 Å². The predicted octanol–water partition coefficient (Wildman–Crippen LogP) is 4.67. The monoisotopic (exact) mass is 338 g/mol. The fourth-order valence-corrected chi connectivity index (χ4v) is 3.32. The fraction of sp³-hybridized carbons (Fsp3) is 0.800. The van der Waals surface area contributed by atoms with Gasteiger partial charge >= 0.3 is 11.9 Å². The van der Waals surface area contributed by atoms with E-state index >= 15 is 0 Å². The Kier molecular flexibility index (Phi) is 9.73. The molecule has 138 valence electrons. The molecule has 0 saturated heterocycles. The van der Waals surface area contributed by atoms with Crippen LogP contribution in [0.15, 0.2) is 12.2 Å². The van der Waals surface area contributed by atoms with Gasteiger partial charge in [-0.2, -0.15) is 0 Å². The third kappa shape index (κ3) is 7.98. The molecule has 0 amide bonds. The molecule has 1 fully saturated rings. The smallest absolute Gasteiger partial charge is 0.331 e. The quantitative estimate of drug-likeness (QED) is 0.348. The Hall–Kier alpha value is -1.32. The Bertz CT molecular complexity index is 414. The molecule has 3 unspecified atom stereocenters. The van der Waals surface area contributed by atoms with E-state index in [1.54, 1.807) is 0 Å². The lowest BCUT2D eigenvalue weighted by Gasteiger charge is -2.36. The van der Waals surface area contributed by atoms with Crippen molar-refractivity contribution in [3.63, 3.8) is 0 Å². The van der Waals surface area contributed by atoms with Crippen molar-refractivity contribution in [1.29, 1.82) is 0 Å². The van der Waals surface area contributed by atoms with Gasteiger partial charge in [0.1, 0.15) is 6.10 Å². The van der Waals surface area contributed by atoms with Crippen LogP contribution in [-0.4, -0.2) is 24.6 Å². The molecule has 0 heterocycles. The van der Waals surface area contributed by atoms with Gasteiger partial charge in [0.2, 0.25) is 0 Å². The normalized spacial score (nSPS) is 24.3. The van der Waals surface area contributed by atoms with Gasteiger partial charge in [-0.1, -0.05) is 53.4 Å². The van der Waals surface area contributed by atoms with E-state index in [2.05, 4.69) is 27.7 Å². The van der Waals surface area contributed by atoms with Crippen molar-refractivity contribution < 1.29 is 19.1 Å². The summed E-state index contributed by atoms with van der Waals surface area (Å²) < 4.78 is 10.7. The average molecular weight is 338 g/mol. The lowest BCUT2D eigenvalue weighted by molar-refractivity contribution is -0.150. The summed E-state index contributed by atoms with van der Waals surface area (Å²) >= 11 is 0. The van der Waals surface area contributed by atoms with Gasteiger partial charge in [0.15, 0.2) is 0 Å². The minimum absolute atomic E-state index is 0.0454. The van der Waals surface area contributed by atoms with Crippen LogP contribution in [0.1, 0.15) is 72.6 Å². The molecule has 24 heavy (non-hydrogen) atoms. The van der Waals surface area contributed by atoms with E-state index in [0.717, 1.165) is 38.5 Å². The van der Waals surface area contributed by atoms with E-state index in [0.29, 0.717) is 24.4 Å². The summed E-state index contributed by atoms with van der Waals surface area (Å²) in [5.41, 5.74) is 0. The molecular formula is C20H34O4. The van der Waals surface area contributed by atoms with Crippen LogP contribution in [0.4, 0.5) is 0 Å². The molecule has 0 aliphatic heterocycles. The number of carbonyl (C=O) groups excluding carboxylic acids is 2. The van der Waals surface area contributed by atoms with Gasteiger partial charge in [-0.05, 0) is 37.0 Å². The summed E-state index contributed by atoms with van der Waals surface area (Å²) in [6.45, 7) is 9.09. The Balaban J connectivity index is 2.36. The van der Waals surface area contributed by atoms with Crippen molar-refractivity contribution in [3.8, 4) is 0 Å². The lowest BCUT2D eigenvalue weighted by atomic mass is 9.75. The third-order valence-electron chi connectivity index (χ3n) is 4.83. The molecule has 0 aromatic rings. The van der Waals surface area contributed by atoms with Gasteiger partial charge in [0, 0.05) is 12.2 Å². The Labute approximate surface area is 147 Å². The Morgan fingerprint density at radius 2 is 1.79 bits per heavy atom. The minimum atomic E-state index is -0.471. The number of hydrogen-bond acceptors (Lipinski definition) is 4. The first-order valence-electron chi connectivity index (χ1n) is 9.49. The van der Waals surface area contributed by atoms with Crippen molar-refractivity contribution in [2.24, 2.45) is 17.8 Å². The second-order valence-electron chi connectivity index (χ2n) is 7.36. The number of hydrogen-bond donors (Lipinski definition) is 0. The number of carbonyl (C=O) groups is 2. The van der Waals surface area contributed by atoms with Crippen LogP contribution >= 0.6 is 0 Å². The summed E-state index contributed by atoms with van der Waals surface area (Å²) in [6.07, 6.45) is 9.76. The van der Waals surface area contributed by atoms with E-state index in [9.17, 15) is 9.59 Å². The van der Waals surface area contributed by atoms with Crippen molar-refractivity contribution in [2.75, 3.05) is 6.61 Å². The Morgan fingerprint density at radius 1 is 1.08 bits per heavy atom. The predicted molar refractivity (Wildman–Crippen MR) is 95.5 cm³/mol. The number of unbranched alkanes of at least 4 members (excludes halogenated alkanes) is 3. The molecule has 4 heteroatoms. The van der Waals surface area contributed by atoms with E-state index < -0.39 is 11.9 Å². The summed E-state index contributed by atoms with van der Waals surface area (Å²) in [4.78, 5) is 23.6. The summed E-state index contributed by atoms with van der Waals surface area (Å²) in [6, 6.07) is 0. The SMILES string of the molecule is CCCCCCOC(=O)/C=C/C(=O)OC1CC(C)CCC1C(C)C. The zero-order valence-electron chi connectivity index (χ0n) is 15.8. The fourth-order valence-electron chi connectivity index (χ4n) is 3.32. The molecule has 0 aromatic carbocycles. The zero-order chi connectivity index (χ0) is 17.9. The van der Waals surface area contributed by atoms with Gasteiger partial charge < -0.3 is 9.47 Å². The molecule has 0 aromatic heterocycles. The summed E-state index contributed by atoms with van der Waals surface area (Å²) in [7, 11) is 0. The number of ether oxygens (including phenoxy) is 2. The van der Waals surface area contributed by atoms with Crippen LogP contribution < -0.4 is 0 Å². The first-order valence-corrected chi connectivity index (χ1v) is 9.49. The first kappa shape index (κ1) is 20.7. The average Bonchev–Trinajstić information content (AvgIpc) is 2.52. The highest BCUT2D eigenvalue weighted by Crippen LogP contribution is 2.35. The van der Waals surface area contributed by atoms with Gasteiger partial charge in [-0.3, -0.25) is 0 Å². The maximum Gasteiger partial charge on any atom is 0.331 e. The van der Waals surface area contributed by atoms with E-state index in [-0.39, 0.29) is 6.10 Å². The maximum atomic E-state index is 12.0. The van der Waals surface area contributed by atoms with Gasteiger partial charge in [0.25, 0.3) is 0 Å². The van der Waals surface area contributed by atoms with Crippen LogP contribution in [-0.2, 0) is 19.1 Å². The highest BCUT2D eigenvalue weighted by Gasteiger charge is 2.32. The molecule has 0 bridgehead atoms. The van der Waals surface area contributed by atoms with Gasteiger partial charge in [0.05, 0.1) is 6.61 Å². The highest BCUT2D eigenvalue weighted by molar-refractivity contribution is 5.91. The molecule has 1 aliphatic rings. The molecule has 0 radical (unpaired) electrons. The summed E-state index contributed by atoms with van der Waals surface area (Å²) in [5, 5.41) is 0. The molecule has 1 aliphatic carbocycles. The van der Waals surface area contributed by atoms with E-state index in [4.69, 9.17) is 9.47 Å². The van der Waals surface area contributed by atoms with Crippen LogP contribution in [0.25, 0.3) is 0 Å². The van der Waals surface area contributed by atoms with Crippen molar-refractivity contribution in [3.05, 3.63) is 12.2 Å². The summed E-state index contributed by atoms with van der Waals surface area (Å²) in [5.74, 6) is 0.565. The van der Waals surface area contributed by atoms with Gasteiger partial charge in [-0.25, -0.2) is 9.59 Å². The molecule has 1 rings (SSSR count). The van der Waals surface area contributed by atoms with Gasteiger partial charge in [-0.15, -0.1) is 0 Å². The van der Waals surface area contributed by atoms with Crippen LogP contribution in [0.5, 0.6) is 0 Å². The van der Waals surface area contributed by atoms with Crippen LogP contribution in [0.3, 0.4) is 0 Å². The maximum absolute atomic E-state index is 12.0. The topological polar surface area (TPSA) is 52.6 Å². The largest absolute Gasteiger partial charge is 0.463 e. The first-order chi connectivity index (χ1) is 11.4. The second kappa shape index (κ2) is 11.3. The third-order valence-corrected chi connectivity index (χ3v) is 4.83. The molecule has 0 N–H and O–H groups in total.